The van der Waals surface area contributed by atoms with Crippen molar-refractivity contribution in [2.24, 2.45) is 0 Å². The molecule has 0 saturated carbocycles. The van der Waals surface area contributed by atoms with E-state index in [-0.39, 0.29) is 31.9 Å². The fourth-order valence-electron chi connectivity index (χ4n) is 2.85. The van der Waals surface area contributed by atoms with Crippen LogP contribution in [0.25, 0.3) is 0 Å². The summed E-state index contributed by atoms with van der Waals surface area (Å²) in [5, 5.41) is 0. The maximum absolute atomic E-state index is 13.5. The first-order chi connectivity index (χ1) is 13.0. The molecule has 0 spiro atoms. The van der Waals surface area contributed by atoms with Crippen LogP contribution in [-0.4, -0.2) is 73.1 Å². The van der Waals surface area contributed by atoms with Gasteiger partial charge >= 0.3 is 6.09 Å². The monoisotopic (exact) mass is 402 g/mol. The number of amides is 1. The summed E-state index contributed by atoms with van der Waals surface area (Å²) in [7, 11) is 0. The quantitative estimate of drug-likeness (QED) is 0.437. The molecule has 2 unspecified atom stereocenters. The highest BCUT2D eigenvalue weighted by atomic mass is 32.2. The molecule has 2 aliphatic rings. The van der Waals surface area contributed by atoms with Crippen LogP contribution in [0, 0.1) is 0 Å². The predicted octanol–water partition coefficient (Wildman–Crippen LogP) is 3.03. The Bertz CT molecular complexity index is 626. The third-order valence-corrected chi connectivity index (χ3v) is 4.68. The maximum atomic E-state index is 13.5. The second-order valence-corrected chi connectivity index (χ2v) is 6.71. The van der Waals surface area contributed by atoms with Crippen LogP contribution >= 0.6 is 12.0 Å². The summed E-state index contributed by atoms with van der Waals surface area (Å²) in [6.07, 6.45) is 4.51. The first-order valence-corrected chi connectivity index (χ1v) is 9.77. The molecule has 0 N–H and O–H groups in total. The van der Waals surface area contributed by atoms with Crippen molar-refractivity contribution in [1.82, 2.24) is 9.80 Å². The second-order valence-electron chi connectivity index (χ2n) is 6.15. The van der Waals surface area contributed by atoms with Gasteiger partial charge in [-0.25, -0.2) is 13.6 Å². The molecule has 9 heteroatoms. The minimum absolute atomic E-state index is 0.00917. The lowest BCUT2D eigenvalue weighted by Gasteiger charge is -2.30. The number of carbonyl (C=O) groups excluding carboxylic acids is 2. The third kappa shape index (κ3) is 6.07. The Morgan fingerprint density at radius 3 is 2.89 bits per heavy atom. The van der Waals surface area contributed by atoms with Crippen molar-refractivity contribution in [3.8, 4) is 0 Å². The lowest BCUT2D eigenvalue weighted by Crippen LogP contribution is -2.40. The smallest absolute Gasteiger partial charge is 0.414 e. The first-order valence-electron chi connectivity index (χ1n) is 8.62. The summed E-state index contributed by atoms with van der Waals surface area (Å²) in [6, 6.07) is 0. The molecule has 2 rings (SSSR count). The Hall–Kier alpha value is -1.87. The highest BCUT2D eigenvalue weighted by Gasteiger charge is 2.33. The molecule has 0 aromatic rings. The summed E-state index contributed by atoms with van der Waals surface area (Å²) in [4.78, 5) is 26.4. The van der Waals surface area contributed by atoms with E-state index in [0.717, 1.165) is 0 Å². The standard InChI is InChI=1S/C18H24F2N2O4S/c1-13(21-9-7-17(23)16(20)11-21)4-3-5-14(6-8-19)22-10-15(12-25-27-2)26-18(22)24/h3-4,6,15-16H,1,5,7-12H2,2H3/b4-3-,14-6+. The summed E-state index contributed by atoms with van der Waals surface area (Å²) < 4.78 is 36.8. The van der Waals surface area contributed by atoms with E-state index in [1.165, 1.54) is 23.0 Å². The fraction of sp³-hybridized carbons (Fsp3) is 0.556. The number of alkyl halides is 2. The van der Waals surface area contributed by atoms with Crippen molar-refractivity contribution in [3.63, 3.8) is 0 Å². The minimum Gasteiger partial charge on any atom is -0.441 e. The molecule has 2 saturated heterocycles. The van der Waals surface area contributed by atoms with Crippen LogP contribution in [0.4, 0.5) is 13.6 Å². The van der Waals surface area contributed by atoms with Gasteiger partial charge in [-0.3, -0.25) is 9.69 Å². The third-order valence-electron chi connectivity index (χ3n) is 4.31. The van der Waals surface area contributed by atoms with Gasteiger partial charge in [0.1, 0.15) is 19.4 Å². The van der Waals surface area contributed by atoms with Crippen LogP contribution in [0.5, 0.6) is 0 Å². The predicted molar refractivity (Wildman–Crippen MR) is 99.5 cm³/mol. The summed E-state index contributed by atoms with van der Waals surface area (Å²) >= 11 is 1.18. The molecule has 0 aromatic heterocycles. The molecule has 27 heavy (non-hydrogen) atoms. The molecule has 0 bridgehead atoms. The van der Waals surface area contributed by atoms with Gasteiger partial charge in [0, 0.05) is 37.0 Å². The number of halogens is 2. The van der Waals surface area contributed by atoms with Gasteiger partial charge in [0.25, 0.3) is 0 Å². The van der Waals surface area contributed by atoms with E-state index in [1.807, 2.05) is 0 Å². The SMILES string of the molecule is C=C(/C=C\C/C(=C\CF)N1CC(COSC)OC1=O)N1CCC(=O)C(F)C1. The summed E-state index contributed by atoms with van der Waals surface area (Å²) in [5.41, 5.74) is 1.05. The van der Waals surface area contributed by atoms with Crippen molar-refractivity contribution in [2.45, 2.75) is 25.1 Å². The van der Waals surface area contributed by atoms with Crippen LogP contribution in [0.15, 0.2) is 36.2 Å². The van der Waals surface area contributed by atoms with E-state index in [1.54, 1.807) is 23.3 Å². The average Bonchev–Trinajstić information content (AvgIpc) is 3.02. The van der Waals surface area contributed by atoms with Crippen molar-refractivity contribution in [3.05, 3.63) is 36.2 Å². The number of likely N-dealkylation sites (tertiary alicyclic amines) is 1. The normalized spacial score (nSPS) is 24.0. The zero-order chi connectivity index (χ0) is 19.8. The molecule has 2 atom stereocenters. The van der Waals surface area contributed by atoms with Gasteiger partial charge in [0.15, 0.2) is 12.0 Å². The van der Waals surface area contributed by atoms with Gasteiger partial charge in [-0.05, 0) is 24.2 Å². The van der Waals surface area contributed by atoms with Crippen LogP contribution in [0.3, 0.4) is 0 Å². The van der Waals surface area contributed by atoms with Crippen LogP contribution in [-0.2, 0) is 13.7 Å². The molecular formula is C18H24F2N2O4S. The van der Waals surface area contributed by atoms with Crippen molar-refractivity contribution in [2.75, 3.05) is 39.2 Å². The van der Waals surface area contributed by atoms with Gasteiger partial charge in [-0.1, -0.05) is 12.7 Å². The molecule has 0 aromatic carbocycles. The molecular weight excluding hydrogens is 378 g/mol. The summed E-state index contributed by atoms with van der Waals surface area (Å²) in [6.45, 7) is 4.13. The molecule has 2 heterocycles. The minimum atomic E-state index is -1.49. The van der Waals surface area contributed by atoms with Gasteiger partial charge in [-0.2, -0.15) is 0 Å². The van der Waals surface area contributed by atoms with E-state index in [2.05, 4.69) is 6.58 Å². The maximum Gasteiger partial charge on any atom is 0.414 e. The highest BCUT2D eigenvalue weighted by molar-refractivity contribution is 7.93. The molecule has 0 aliphatic carbocycles. The van der Waals surface area contributed by atoms with Crippen molar-refractivity contribution in [1.29, 1.82) is 0 Å². The number of ketones is 1. The van der Waals surface area contributed by atoms with Crippen LogP contribution in [0.1, 0.15) is 12.8 Å². The lowest BCUT2D eigenvalue weighted by atomic mass is 10.1. The fourth-order valence-corrected chi connectivity index (χ4v) is 3.14. The van der Waals surface area contributed by atoms with Crippen LogP contribution < -0.4 is 0 Å². The van der Waals surface area contributed by atoms with E-state index >= 15 is 0 Å². The topological polar surface area (TPSA) is 59.1 Å². The second kappa shape index (κ2) is 10.5. The first kappa shape index (κ1) is 21.4. The van der Waals surface area contributed by atoms with E-state index in [9.17, 15) is 18.4 Å². The number of cyclic esters (lactones) is 1. The Kier molecular flexibility index (Phi) is 8.30. The number of hydrogen-bond acceptors (Lipinski definition) is 6. The van der Waals surface area contributed by atoms with Gasteiger partial charge in [0.2, 0.25) is 0 Å². The lowest BCUT2D eigenvalue weighted by molar-refractivity contribution is -0.126. The number of piperidine rings is 1. The summed E-state index contributed by atoms with van der Waals surface area (Å²) in [5.74, 6) is -0.385. The van der Waals surface area contributed by atoms with E-state index in [4.69, 9.17) is 8.92 Å². The molecule has 2 aliphatic heterocycles. The Morgan fingerprint density at radius 1 is 1.44 bits per heavy atom. The number of rotatable bonds is 9. The molecule has 2 fully saturated rings. The largest absolute Gasteiger partial charge is 0.441 e. The van der Waals surface area contributed by atoms with Gasteiger partial charge in [0.05, 0.1) is 13.1 Å². The molecule has 6 nitrogen and oxygen atoms in total. The Balaban J connectivity index is 1.91. The average molecular weight is 402 g/mol. The molecule has 1 amide bonds. The molecule has 150 valence electrons. The van der Waals surface area contributed by atoms with Crippen LogP contribution in [0.2, 0.25) is 0 Å². The number of allylic oxidation sites excluding steroid dienone is 3. The molecule has 0 radical (unpaired) electrons. The van der Waals surface area contributed by atoms with Gasteiger partial charge in [-0.15, -0.1) is 0 Å². The number of carbonyl (C=O) groups is 2. The Morgan fingerprint density at radius 2 is 2.22 bits per heavy atom. The van der Waals surface area contributed by atoms with Crippen molar-refractivity contribution < 1.29 is 27.3 Å². The highest BCUT2D eigenvalue weighted by Crippen LogP contribution is 2.22. The number of ether oxygens (including phenoxy) is 1. The number of Topliss-reactive ketones (excluding diaryl/α,β-unsaturated/α-hetero) is 1. The van der Waals surface area contributed by atoms with Crippen molar-refractivity contribution >= 4 is 23.9 Å². The zero-order valence-electron chi connectivity index (χ0n) is 15.2. The van der Waals surface area contributed by atoms with Gasteiger partial charge < -0.3 is 13.8 Å². The number of hydrogen-bond donors (Lipinski definition) is 0. The van der Waals surface area contributed by atoms with E-state index in [0.29, 0.717) is 24.4 Å². The zero-order valence-corrected chi connectivity index (χ0v) is 16.1. The van der Waals surface area contributed by atoms with E-state index < -0.39 is 25.0 Å². The number of nitrogens with zero attached hydrogens (tertiary/aromatic N) is 2. The Labute approximate surface area is 162 Å².